The zero-order valence-electron chi connectivity index (χ0n) is 20.2. The number of nitrogens with one attached hydrogen (secondary N) is 3. The van der Waals surface area contributed by atoms with Gasteiger partial charge < -0.3 is 25.3 Å². The summed E-state index contributed by atoms with van der Waals surface area (Å²) >= 11 is 1.33. The molecule has 1 aromatic carbocycles. The number of carboxylic acid groups (broad SMARTS) is 1. The molecule has 2 amide bonds. The Kier molecular flexibility index (Phi) is 7.20. The molecule has 0 saturated heterocycles. The van der Waals surface area contributed by atoms with Crippen molar-refractivity contribution in [2.75, 3.05) is 6.54 Å². The van der Waals surface area contributed by atoms with E-state index in [2.05, 4.69) is 25.3 Å². The maximum Gasteiger partial charge on any atom is 0.407 e. The number of aromatic amines is 2. The van der Waals surface area contributed by atoms with Gasteiger partial charge in [-0.25, -0.2) is 14.8 Å². The van der Waals surface area contributed by atoms with Crippen molar-refractivity contribution in [2.45, 2.75) is 39.8 Å². The van der Waals surface area contributed by atoms with Crippen molar-refractivity contribution in [3.05, 3.63) is 80.4 Å². The van der Waals surface area contributed by atoms with E-state index in [9.17, 15) is 19.5 Å². The summed E-state index contributed by atoms with van der Waals surface area (Å²) in [6.45, 7) is 6.51. The van der Waals surface area contributed by atoms with Gasteiger partial charge in [-0.3, -0.25) is 9.59 Å². The topological polar surface area (TPSA) is 144 Å². The molecule has 4 rings (SSSR count). The Morgan fingerprint density at radius 1 is 1.11 bits per heavy atom. The molecule has 1 atom stereocenters. The number of H-pyrrole nitrogens is 2. The van der Waals surface area contributed by atoms with Crippen LogP contribution in [0.2, 0.25) is 0 Å². The number of thiazole rings is 1. The van der Waals surface area contributed by atoms with Crippen molar-refractivity contribution in [3.8, 4) is 0 Å². The number of hydrogen-bond acceptors (Lipinski definition) is 6. The second kappa shape index (κ2) is 10.3. The van der Waals surface area contributed by atoms with Crippen LogP contribution in [0.15, 0.2) is 52.6 Å². The van der Waals surface area contributed by atoms with Crippen LogP contribution in [-0.2, 0) is 13.1 Å². The molecule has 10 nitrogen and oxygen atoms in total. The number of imidazole rings is 1. The molecule has 4 aromatic rings. The fourth-order valence-electron chi connectivity index (χ4n) is 3.83. The van der Waals surface area contributed by atoms with E-state index in [1.807, 2.05) is 45.0 Å². The third-order valence-electron chi connectivity index (χ3n) is 5.82. The fourth-order valence-corrected chi connectivity index (χ4v) is 4.96. The molecule has 0 fully saturated rings. The molecule has 11 heteroatoms. The van der Waals surface area contributed by atoms with Crippen LogP contribution >= 0.6 is 11.3 Å². The molecule has 4 N–H and O–H groups in total. The number of para-hydroxylation sites is 2. The first kappa shape index (κ1) is 25.1. The Morgan fingerprint density at radius 3 is 2.58 bits per heavy atom. The van der Waals surface area contributed by atoms with Crippen LogP contribution in [0.4, 0.5) is 4.79 Å². The molecule has 188 valence electrons. The average Bonchev–Trinajstić information content (AvgIpc) is 3.46. The molecular weight excluding hydrogens is 480 g/mol. The van der Waals surface area contributed by atoms with E-state index >= 15 is 0 Å². The van der Waals surface area contributed by atoms with Crippen molar-refractivity contribution in [1.82, 2.24) is 30.2 Å². The summed E-state index contributed by atoms with van der Waals surface area (Å²) < 4.78 is 0. The number of hydrogen-bond donors (Lipinski definition) is 4. The van der Waals surface area contributed by atoms with Crippen LogP contribution in [-0.4, -0.2) is 48.5 Å². The Bertz CT molecular complexity index is 1400. The molecule has 1 unspecified atom stereocenters. The van der Waals surface area contributed by atoms with Gasteiger partial charge in [0.05, 0.1) is 29.1 Å². The number of nitrogens with zero attached hydrogens (tertiary/aromatic N) is 3. The summed E-state index contributed by atoms with van der Waals surface area (Å²) in [5.41, 5.74) is 1.90. The Balaban J connectivity index is 1.49. The maximum absolute atomic E-state index is 12.7. The molecule has 3 heterocycles. The summed E-state index contributed by atoms with van der Waals surface area (Å²) in [7, 11) is 0. The number of benzene rings is 1. The second-order valence-electron chi connectivity index (χ2n) is 9.58. The zero-order valence-corrected chi connectivity index (χ0v) is 21.1. The van der Waals surface area contributed by atoms with Crippen molar-refractivity contribution >= 4 is 34.4 Å². The van der Waals surface area contributed by atoms with E-state index in [1.54, 1.807) is 17.5 Å². The van der Waals surface area contributed by atoms with Gasteiger partial charge >= 0.3 is 6.09 Å². The molecular formula is C25H28N6O4S. The SMILES string of the molecule is CC(C)(C)C(CN(Cc1nc2ccccc2[nH]1)C(=O)O)c1nc(C(=O)NCc2cccc(=O)[nH]2)cs1. The van der Waals surface area contributed by atoms with Gasteiger partial charge in [-0.15, -0.1) is 11.3 Å². The molecule has 0 spiro atoms. The predicted octanol–water partition coefficient (Wildman–Crippen LogP) is 3.95. The van der Waals surface area contributed by atoms with Gasteiger partial charge in [0, 0.05) is 29.6 Å². The van der Waals surface area contributed by atoms with Crippen molar-refractivity contribution in [1.29, 1.82) is 0 Å². The zero-order chi connectivity index (χ0) is 25.9. The summed E-state index contributed by atoms with van der Waals surface area (Å²) in [6.07, 6.45) is -1.06. The minimum absolute atomic E-state index is 0.102. The first-order valence-electron chi connectivity index (χ1n) is 11.4. The third-order valence-corrected chi connectivity index (χ3v) is 6.78. The number of pyridine rings is 1. The first-order valence-corrected chi connectivity index (χ1v) is 12.3. The predicted molar refractivity (Wildman–Crippen MR) is 137 cm³/mol. The van der Waals surface area contributed by atoms with Crippen LogP contribution in [0.1, 0.15) is 53.7 Å². The van der Waals surface area contributed by atoms with E-state index in [4.69, 9.17) is 0 Å². The van der Waals surface area contributed by atoms with Gasteiger partial charge in [0.15, 0.2) is 0 Å². The highest BCUT2D eigenvalue weighted by Crippen LogP contribution is 2.37. The summed E-state index contributed by atoms with van der Waals surface area (Å²) in [5, 5.41) is 15.0. The lowest BCUT2D eigenvalue weighted by Gasteiger charge is -2.32. The van der Waals surface area contributed by atoms with Crippen molar-refractivity contribution in [3.63, 3.8) is 0 Å². The van der Waals surface area contributed by atoms with Crippen LogP contribution < -0.4 is 10.9 Å². The van der Waals surface area contributed by atoms with E-state index in [-0.39, 0.29) is 48.1 Å². The number of aromatic nitrogens is 4. The smallest absolute Gasteiger partial charge is 0.407 e. The highest BCUT2D eigenvalue weighted by molar-refractivity contribution is 7.10. The van der Waals surface area contributed by atoms with Crippen LogP contribution in [0.5, 0.6) is 0 Å². The maximum atomic E-state index is 12.7. The minimum atomic E-state index is -1.06. The molecule has 0 aliphatic rings. The standard InChI is InChI=1S/C25H28N6O4S/c1-25(2,3)16(12-31(24(34)35)13-20-28-17-8-4-5-9-18(17)29-20)23-30-19(14-36-23)22(33)26-11-15-7-6-10-21(32)27-15/h4-10,14,16H,11-13H2,1-3H3,(H,26,33)(H,27,32)(H,28,29)(H,34,35). The number of carbonyl (C=O) groups excluding carboxylic acids is 1. The molecule has 0 radical (unpaired) electrons. The van der Waals surface area contributed by atoms with Crippen LogP contribution in [0, 0.1) is 5.41 Å². The lowest BCUT2D eigenvalue weighted by atomic mass is 9.80. The number of amides is 2. The lowest BCUT2D eigenvalue weighted by molar-refractivity contribution is 0.0944. The monoisotopic (exact) mass is 508 g/mol. The van der Waals surface area contributed by atoms with Gasteiger partial charge in [-0.05, 0) is 23.6 Å². The second-order valence-corrected chi connectivity index (χ2v) is 10.5. The molecule has 3 aromatic heterocycles. The normalized spacial score (nSPS) is 12.4. The van der Waals surface area contributed by atoms with Crippen LogP contribution in [0.3, 0.4) is 0 Å². The van der Waals surface area contributed by atoms with E-state index in [1.165, 1.54) is 22.3 Å². The summed E-state index contributed by atoms with van der Waals surface area (Å²) in [5.74, 6) is -0.0633. The molecule has 36 heavy (non-hydrogen) atoms. The highest BCUT2D eigenvalue weighted by Gasteiger charge is 2.33. The highest BCUT2D eigenvalue weighted by atomic mass is 32.1. The number of rotatable bonds is 8. The minimum Gasteiger partial charge on any atom is -0.465 e. The molecule has 0 bridgehead atoms. The number of carbonyl (C=O) groups is 2. The van der Waals surface area contributed by atoms with Crippen molar-refractivity contribution in [2.24, 2.45) is 5.41 Å². The Morgan fingerprint density at radius 2 is 1.89 bits per heavy atom. The molecule has 0 aliphatic heterocycles. The molecule has 0 saturated carbocycles. The van der Waals surface area contributed by atoms with Gasteiger partial charge in [0.1, 0.15) is 11.5 Å². The Hall–Kier alpha value is -3.99. The largest absolute Gasteiger partial charge is 0.465 e. The number of fused-ring (bicyclic) bond motifs is 1. The first-order chi connectivity index (χ1) is 17.1. The van der Waals surface area contributed by atoms with E-state index in [0.29, 0.717) is 16.5 Å². The average molecular weight is 509 g/mol. The van der Waals surface area contributed by atoms with Crippen molar-refractivity contribution < 1.29 is 14.7 Å². The van der Waals surface area contributed by atoms with Gasteiger partial charge in [0.2, 0.25) is 5.56 Å². The fraction of sp³-hybridized carbons (Fsp3) is 0.320. The van der Waals surface area contributed by atoms with E-state index in [0.717, 1.165) is 11.0 Å². The third kappa shape index (κ3) is 5.98. The summed E-state index contributed by atoms with van der Waals surface area (Å²) in [4.78, 5) is 52.5. The summed E-state index contributed by atoms with van der Waals surface area (Å²) in [6, 6.07) is 12.3. The van der Waals surface area contributed by atoms with Gasteiger partial charge in [-0.1, -0.05) is 39.0 Å². The quantitative estimate of drug-likeness (QED) is 0.284. The van der Waals surface area contributed by atoms with E-state index < -0.39 is 6.09 Å². The van der Waals surface area contributed by atoms with Gasteiger partial charge in [0.25, 0.3) is 5.91 Å². The lowest BCUT2D eigenvalue weighted by Crippen LogP contribution is -2.37. The Labute approximate surface area is 211 Å². The molecule has 0 aliphatic carbocycles. The van der Waals surface area contributed by atoms with Gasteiger partial charge in [-0.2, -0.15) is 0 Å². The van der Waals surface area contributed by atoms with Crippen LogP contribution in [0.25, 0.3) is 11.0 Å².